The molecule has 0 amide bonds. The maximum atomic E-state index is 9.85. The summed E-state index contributed by atoms with van der Waals surface area (Å²) in [6, 6.07) is 3.21. The molecule has 0 aliphatic heterocycles. The van der Waals surface area contributed by atoms with Gasteiger partial charge in [-0.05, 0) is 12.1 Å². The molecular weight excluding hydrogens is 102 g/mol. The first-order valence-corrected chi connectivity index (χ1v) is 2.21. The highest BCUT2D eigenvalue weighted by Crippen LogP contribution is 1.87. The monoisotopic (exact) mass is 106 g/mol. The fourth-order valence-corrected chi connectivity index (χ4v) is 0.420. The minimum atomic E-state index is 0.542. The Labute approximate surface area is 47.2 Å². The van der Waals surface area contributed by atoms with Gasteiger partial charge < -0.3 is 0 Å². The largest absolute Gasteiger partial charge is 0.285 e. The number of hydrogen-bond acceptors (Lipinski definition) is 2. The predicted molar refractivity (Wildman–Crippen MR) is 29.0 cm³/mol. The second kappa shape index (κ2) is 2.21. The van der Waals surface area contributed by atoms with Gasteiger partial charge in [0.25, 0.3) is 0 Å². The van der Waals surface area contributed by atoms with E-state index in [1.807, 2.05) is 0 Å². The Hall–Kier alpha value is -1.18. The van der Waals surface area contributed by atoms with Crippen LogP contribution in [0.15, 0.2) is 24.5 Å². The van der Waals surface area contributed by atoms with Crippen molar-refractivity contribution in [2.45, 2.75) is 0 Å². The zero-order valence-corrected chi connectivity index (χ0v) is 4.16. The molecule has 2 heteroatoms. The summed E-state index contributed by atoms with van der Waals surface area (Å²) >= 11 is 0. The molecule has 0 N–H and O–H groups in total. The molecule has 1 rings (SSSR count). The fraction of sp³-hybridized carbons (Fsp3) is 0. The summed E-state index contributed by atoms with van der Waals surface area (Å²) in [5.74, 6) is 0. The molecule has 1 heterocycles. The van der Waals surface area contributed by atoms with Crippen molar-refractivity contribution in [3.8, 4) is 0 Å². The Morgan fingerprint density at radius 1 is 1.38 bits per heavy atom. The standard InChI is InChI=1S/C6H4NO/c8-5-6-1-3-7-4-2-6/h1-4H. The quantitative estimate of drug-likeness (QED) is 0.523. The van der Waals surface area contributed by atoms with E-state index in [2.05, 4.69) is 4.98 Å². The van der Waals surface area contributed by atoms with Crippen LogP contribution in [0.3, 0.4) is 0 Å². The third-order valence-corrected chi connectivity index (χ3v) is 0.798. The van der Waals surface area contributed by atoms with Gasteiger partial charge in [0.1, 0.15) is 0 Å². The number of rotatable bonds is 1. The maximum absolute atomic E-state index is 9.85. The zero-order chi connectivity index (χ0) is 5.82. The molecule has 0 atom stereocenters. The van der Waals surface area contributed by atoms with Gasteiger partial charge in [-0.25, -0.2) is 0 Å². The molecule has 1 aromatic rings. The maximum Gasteiger partial charge on any atom is 0.233 e. The molecule has 2 nitrogen and oxygen atoms in total. The Balaban J connectivity index is 2.99. The van der Waals surface area contributed by atoms with Crippen molar-refractivity contribution in [1.29, 1.82) is 0 Å². The summed E-state index contributed by atoms with van der Waals surface area (Å²) in [6.45, 7) is 0. The van der Waals surface area contributed by atoms with Crippen molar-refractivity contribution in [3.05, 3.63) is 30.1 Å². The van der Waals surface area contributed by atoms with E-state index in [9.17, 15) is 4.79 Å². The Bertz CT molecular complexity index is 171. The van der Waals surface area contributed by atoms with Crippen molar-refractivity contribution < 1.29 is 4.79 Å². The van der Waals surface area contributed by atoms with Crippen LogP contribution in [0.1, 0.15) is 5.56 Å². The molecule has 1 aromatic heterocycles. The number of hydrogen-bond donors (Lipinski definition) is 0. The number of pyridine rings is 1. The Morgan fingerprint density at radius 3 is 2.38 bits per heavy atom. The summed E-state index contributed by atoms with van der Waals surface area (Å²) in [5, 5.41) is 0. The van der Waals surface area contributed by atoms with Crippen LogP contribution < -0.4 is 0 Å². The molecule has 0 saturated carbocycles. The molecule has 8 heavy (non-hydrogen) atoms. The normalized spacial score (nSPS) is 8.50. The van der Waals surface area contributed by atoms with Crippen LogP contribution in [0, 0.1) is 0 Å². The second-order valence-electron chi connectivity index (χ2n) is 1.34. The highest BCUT2D eigenvalue weighted by molar-refractivity contribution is 5.74. The third-order valence-electron chi connectivity index (χ3n) is 0.798. The van der Waals surface area contributed by atoms with Gasteiger partial charge in [0.05, 0.1) is 0 Å². The van der Waals surface area contributed by atoms with E-state index < -0.39 is 0 Å². The van der Waals surface area contributed by atoms with Crippen molar-refractivity contribution in [1.82, 2.24) is 4.98 Å². The SMILES string of the molecule is O=[C]c1ccncc1. The highest BCUT2D eigenvalue weighted by atomic mass is 16.1. The van der Waals surface area contributed by atoms with Gasteiger partial charge in [-0.1, -0.05) is 0 Å². The first-order chi connectivity index (χ1) is 3.93. The van der Waals surface area contributed by atoms with Gasteiger partial charge in [-0.15, -0.1) is 0 Å². The smallest absolute Gasteiger partial charge is 0.233 e. The molecule has 0 fully saturated rings. The van der Waals surface area contributed by atoms with E-state index in [0.717, 1.165) is 0 Å². The van der Waals surface area contributed by atoms with Crippen LogP contribution in [-0.2, 0) is 4.79 Å². The molecule has 0 aliphatic rings. The van der Waals surface area contributed by atoms with Gasteiger partial charge in [0.2, 0.25) is 6.29 Å². The molecule has 0 aromatic carbocycles. The van der Waals surface area contributed by atoms with E-state index >= 15 is 0 Å². The minimum absolute atomic E-state index is 0.542. The number of aromatic nitrogens is 1. The van der Waals surface area contributed by atoms with Gasteiger partial charge in [-0.2, -0.15) is 0 Å². The lowest BCUT2D eigenvalue weighted by atomic mass is 10.3. The highest BCUT2D eigenvalue weighted by Gasteiger charge is 1.82. The average molecular weight is 106 g/mol. The first-order valence-electron chi connectivity index (χ1n) is 2.21. The lowest BCUT2D eigenvalue weighted by Crippen LogP contribution is -1.77. The fourth-order valence-electron chi connectivity index (χ4n) is 0.420. The van der Waals surface area contributed by atoms with Crippen LogP contribution in [0.4, 0.5) is 0 Å². The molecule has 0 saturated heterocycles. The van der Waals surface area contributed by atoms with Crippen LogP contribution in [-0.4, -0.2) is 11.3 Å². The lowest BCUT2D eigenvalue weighted by Gasteiger charge is -1.80. The van der Waals surface area contributed by atoms with Crippen molar-refractivity contribution in [3.63, 3.8) is 0 Å². The van der Waals surface area contributed by atoms with Crippen molar-refractivity contribution >= 4 is 6.29 Å². The topological polar surface area (TPSA) is 30.0 Å². The third kappa shape index (κ3) is 0.904. The van der Waals surface area contributed by atoms with Crippen molar-refractivity contribution in [2.75, 3.05) is 0 Å². The van der Waals surface area contributed by atoms with E-state index in [-0.39, 0.29) is 0 Å². The predicted octanol–water partition coefficient (Wildman–Crippen LogP) is 0.539. The Kier molecular flexibility index (Phi) is 1.37. The summed E-state index contributed by atoms with van der Waals surface area (Å²) < 4.78 is 0. The zero-order valence-electron chi connectivity index (χ0n) is 4.16. The summed E-state index contributed by atoms with van der Waals surface area (Å²) in [6.07, 6.45) is 4.85. The average Bonchev–Trinajstić information content (AvgIpc) is 1.90. The summed E-state index contributed by atoms with van der Waals surface area (Å²) in [5.41, 5.74) is 0.542. The molecule has 0 unspecified atom stereocenters. The molecule has 1 radical (unpaired) electrons. The van der Waals surface area contributed by atoms with Gasteiger partial charge in [0.15, 0.2) is 0 Å². The van der Waals surface area contributed by atoms with Gasteiger partial charge >= 0.3 is 0 Å². The minimum Gasteiger partial charge on any atom is -0.285 e. The summed E-state index contributed by atoms with van der Waals surface area (Å²) in [4.78, 5) is 13.6. The van der Waals surface area contributed by atoms with E-state index in [1.54, 1.807) is 30.8 Å². The number of nitrogens with zero attached hydrogens (tertiary/aromatic N) is 1. The molecule has 0 spiro atoms. The van der Waals surface area contributed by atoms with Gasteiger partial charge in [-0.3, -0.25) is 9.78 Å². The molecular formula is C6H4NO. The van der Waals surface area contributed by atoms with Crippen LogP contribution >= 0.6 is 0 Å². The van der Waals surface area contributed by atoms with E-state index in [0.29, 0.717) is 5.56 Å². The molecule has 39 valence electrons. The van der Waals surface area contributed by atoms with Crippen LogP contribution in [0.2, 0.25) is 0 Å². The lowest BCUT2D eigenvalue weighted by molar-refractivity contribution is 0.562. The summed E-state index contributed by atoms with van der Waals surface area (Å²) in [7, 11) is 0. The molecule has 0 aliphatic carbocycles. The number of carbonyl (C=O) groups excluding carboxylic acids is 1. The van der Waals surface area contributed by atoms with Gasteiger partial charge in [0, 0.05) is 18.0 Å². The molecule has 0 bridgehead atoms. The van der Waals surface area contributed by atoms with Crippen LogP contribution in [0.5, 0.6) is 0 Å². The van der Waals surface area contributed by atoms with Crippen molar-refractivity contribution in [2.24, 2.45) is 0 Å². The first kappa shape index (κ1) is 4.97. The second-order valence-corrected chi connectivity index (χ2v) is 1.34. The van der Waals surface area contributed by atoms with E-state index in [1.165, 1.54) is 0 Å². The Morgan fingerprint density at radius 2 is 2.00 bits per heavy atom. The van der Waals surface area contributed by atoms with E-state index in [4.69, 9.17) is 0 Å². The van der Waals surface area contributed by atoms with Crippen LogP contribution in [0.25, 0.3) is 0 Å².